The van der Waals surface area contributed by atoms with Gasteiger partial charge in [-0.3, -0.25) is 5.10 Å². The van der Waals surface area contributed by atoms with Gasteiger partial charge < -0.3 is 4.74 Å². The Hall–Kier alpha value is -1.73. The summed E-state index contributed by atoms with van der Waals surface area (Å²) in [4.78, 5) is 14.2. The van der Waals surface area contributed by atoms with Gasteiger partial charge in [-0.05, 0) is 58.0 Å². The number of ether oxygens (including phenoxy) is 1. The molecule has 5 nitrogen and oxygen atoms in total. The molecule has 0 unspecified atom stereocenters. The maximum absolute atomic E-state index is 12.7. The Morgan fingerprint density at radius 3 is 2.36 bits per heavy atom. The molecule has 0 atom stereocenters. The number of benzene rings is 1. The van der Waals surface area contributed by atoms with Crippen LogP contribution in [0.4, 0.5) is 15.6 Å². The van der Waals surface area contributed by atoms with Crippen molar-refractivity contribution in [2.75, 3.05) is 4.90 Å². The van der Waals surface area contributed by atoms with Gasteiger partial charge in [-0.1, -0.05) is 29.5 Å². The average Bonchev–Trinajstić information content (AvgIpc) is 2.78. The molecule has 118 valence electrons. The number of nitrogens with one attached hydrogen (secondary N) is 1. The SMILES string of the molecule is Cc1cccc(C)c1N(C(=O)OC(C)(C)C)c1n[nH]c(=S)s1. The molecule has 2 rings (SSSR count). The number of hydrogen-bond acceptors (Lipinski definition) is 5. The molecule has 2 aromatic rings. The fourth-order valence-electron chi connectivity index (χ4n) is 2.05. The highest BCUT2D eigenvalue weighted by Crippen LogP contribution is 2.34. The van der Waals surface area contributed by atoms with E-state index < -0.39 is 11.7 Å². The van der Waals surface area contributed by atoms with E-state index in [1.807, 2.05) is 52.8 Å². The number of hydrogen-bond donors (Lipinski definition) is 1. The first-order chi connectivity index (χ1) is 10.2. The van der Waals surface area contributed by atoms with Crippen molar-refractivity contribution in [2.24, 2.45) is 0 Å². The van der Waals surface area contributed by atoms with Crippen LogP contribution in [0.3, 0.4) is 0 Å². The minimum absolute atomic E-state index is 0.469. The Morgan fingerprint density at radius 1 is 1.32 bits per heavy atom. The van der Waals surface area contributed by atoms with Crippen LogP contribution in [0.15, 0.2) is 18.2 Å². The molecule has 7 heteroatoms. The number of anilines is 2. The van der Waals surface area contributed by atoms with Crippen molar-refractivity contribution in [3.8, 4) is 0 Å². The maximum atomic E-state index is 12.7. The number of aromatic nitrogens is 2. The molecule has 1 amide bonds. The van der Waals surface area contributed by atoms with E-state index in [2.05, 4.69) is 10.2 Å². The molecule has 1 N–H and O–H groups in total. The van der Waals surface area contributed by atoms with Crippen LogP contribution in [0.2, 0.25) is 0 Å². The van der Waals surface area contributed by atoms with E-state index in [9.17, 15) is 4.79 Å². The molecule has 0 aliphatic rings. The molecule has 0 spiro atoms. The fraction of sp³-hybridized carbons (Fsp3) is 0.400. The molecule has 0 aliphatic carbocycles. The minimum atomic E-state index is -0.594. The summed E-state index contributed by atoms with van der Waals surface area (Å²) in [6, 6.07) is 5.85. The summed E-state index contributed by atoms with van der Waals surface area (Å²) >= 11 is 6.32. The van der Waals surface area contributed by atoms with Gasteiger partial charge in [0.05, 0.1) is 5.69 Å². The molecule has 0 saturated carbocycles. The van der Waals surface area contributed by atoms with Gasteiger partial charge in [0.15, 0.2) is 3.95 Å². The molecule has 0 bridgehead atoms. The lowest BCUT2D eigenvalue weighted by atomic mass is 10.1. The molecule has 0 aliphatic heterocycles. The van der Waals surface area contributed by atoms with E-state index in [4.69, 9.17) is 17.0 Å². The van der Waals surface area contributed by atoms with Crippen molar-refractivity contribution in [2.45, 2.75) is 40.2 Å². The molecule has 1 heterocycles. The quantitative estimate of drug-likeness (QED) is 0.793. The zero-order valence-electron chi connectivity index (χ0n) is 13.3. The second kappa shape index (κ2) is 6.18. The fourth-order valence-corrected chi connectivity index (χ4v) is 2.92. The monoisotopic (exact) mass is 337 g/mol. The third kappa shape index (κ3) is 3.72. The van der Waals surface area contributed by atoms with Gasteiger partial charge >= 0.3 is 6.09 Å². The first-order valence-corrected chi connectivity index (χ1v) is 8.06. The lowest BCUT2D eigenvalue weighted by molar-refractivity contribution is 0.0598. The Kier molecular flexibility index (Phi) is 4.67. The minimum Gasteiger partial charge on any atom is -0.443 e. The van der Waals surface area contributed by atoms with E-state index in [0.29, 0.717) is 9.09 Å². The summed E-state index contributed by atoms with van der Waals surface area (Å²) < 4.78 is 6.04. The van der Waals surface area contributed by atoms with Gasteiger partial charge in [0.25, 0.3) is 0 Å². The smallest absolute Gasteiger partial charge is 0.421 e. The summed E-state index contributed by atoms with van der Waals surface area (Å²) in [5.74, 6) is 0. The summed E-state index contributed by atoms with van der Waals surface area (Å²) in [6.07, 6.45) is -0.470. The topological polar surface area (TPSA) is 58.2 Å². The van der Waals surface area contributed by atoms with Crippen molar-refractivity contribution in [1.82, 2.24) is 10.2 Å². The van der Waals surface area contributed by atoms with Crippen LogP contribution in [0.25, 0.3) is 0 Å². The zero-order chi connectivity index (χ0) is 16.5. The van der Waals surface area contributed by atoms with E-state index in [1.54, 1.807) is 0 Å². The predicted molar refractivity (Wildman–Crippen MR) is 91.6 cm³/mol. The zero-order valence-corrected chi connectivity index (χ0v) is 14.9. The van der Waals surface area contributed by atoms with Crippen molar-refractivity contribution < 1.29 is 9.53 Å². The second-order valence-electron chi connectivity index (χ2n) is 5.95. The largest absolute Gasteiger partial charge is 0.443 e. The summed E-state index contributed by atoms with van der Waals surface area (Å²) in [7, 11) is 0. The number of rotatable bonds is 2. The molecule has 0 fully saturated rings. The van der Waals surface area contributed by atoms with Crippen LogP contribution in [-0.2, 0) is 4.74 Å². The average molecular weight is 337 g/mol. The van der Waals surface area contributed by atoms with Crippen LogP contribution in [0.5, 0.6) is 0 Å². The highest BCUT2D eigenvalue weighted by Gasteiger charge is 2.29. The summed E-state index contributed by atoms with van der Waals surface area (Å²) in [5.41, 5.74) is 2.11. The Bertz CT molecular complexity index is 723. The van der Waals surface area contributed by atoms with Crippen LogP contribution in [-0.4, -0.2) is 21.9 Å². The van der Waals surface area contributed by atoms with Crippen molar-refractivity contribution >= 4 is 40.5 Å². The van der Waals surface area contributed by atoms with E-state index in [0.717, 1.165) is 16.8 Å². The molecule has 1 aromatic heterocycles. The van der Waals surface area contributed by atoms with Crippen LogP contribution >= 0.6 is 23.6 Å². The third-order valence-electron chi connectivity index (χ3n) is 2.86. The molecule has 0 radical (unpaired) electrons. The highest BCUT2D eigenvalue weighted by atomic mass is 32.1. The number of carbonyl (C=O) groups excluding carboxylic acids is 1. The van der Waals surface area contributed by atoms with Crippen LogP contribution in [0.1, 0.15) is 31.9 Å². The standard InChI is InChI=1S/C15H19N3O2S2/c1-9-7-6-8-10(2)11(9)18(12-16-17-13(21)22-12)14(19)20-15(3,4)5/h6-8H,1-5H3,(H,17,21). The second-order valence-corrected chi connectivity index (χ2v) is 7.60. The van der Waals surface area contributed by atoms with Gasteiger partial charge in [0.2, 0.25) is 5.13 Å². The normalized spacial score (nSPS) is 11.3. The van der Waals surface area contributed by atoms with E-state index >= 15 is 0 Å². The number of aryl methyl sites for hydroxylation is 2. The molecule has 1 aromatic carbocycles. The molecule has 0 saturated heterocycles. The van der Waals surface area contributed by atoms with Crippen molar-refractivity contribution in [3.63, 3.8) is 0 Å². The van der Waals surface area contributed by atoms with E-state index in [1.165, 1.54) is 16.2 Å². The predicted octanol–water partition coefficient (Wildman–Crippen LogP) is 4.89. The van der Waals surface area contributed by atoms with E-state index in [-0.39, 0.29) is 0 Å². The lowest BCUT2D eigenvalue weighted by Gasteiger charge is -2.27. The van der Waals surface area contributed by atoms with Crippen molar-refractivity contribution in [1.29, 1.82) is 0 Å². The Labute approximate surface area is 138 Å². The number of amides is 1. The first-order valence-electron chi connectivity index (χ1n) is 6.84. The lowest BCUT2D eigenvalue weighted by Crippen LogP contribution is -2.34. The summed E-state index contributed by atoms with van der Waals surface area (Å²) in [6.45, 7) is 9.40. The van der Waals surface area contributed by atoms with Crippen LogP contribution < -0.4 is 4.90 Å². The number of para-hydroxylation sites is 1. The van der Waals surface area contributed by atoms with Crippen molar-refractivity contribution in [3.05, 3.63) is 33.3 Å². The summed E-state index contributed by atoms with van der Waals surface area (Å²) in [5, 5.41) is 7.32. The molecular formula is C15H19N3O2S2. The number of aromatic amines is 1. The number of carbonyl (C=O) groups is 1. The highest BCUT2D eigenvalue weighted by molar-refractivity contribution is 7.73. The third-order valence-corrected chi connectivity index (χ3v) is 3.93. The number of H-pyrrole nitrogens is 1. The molecule has 22 heavy (non-hydrogen) atoms. The molecular weight excluding hydrogens is 318 g/mol. The van der Waals surface area contributed by atoms with Crippen LogP contribution in [0, 0.1) is 17.8 Å². The van der Waals surface area contributed by atoms with Gasteiger partial charge in [0, 0.05) is 0 Å². The maximum Gasteiger partial charge on any atom is 0.421 e. The first kappa shape index (κ1) is 16.6. The van der Waals surface area contributed by atoms with Gasteiger partial charge in [0.1, 0.15) is 5.60 Å². The van der Waals surface area contributed by atoms with Gasteiger partial charge in [-0.25, -0.2) is 9.69 Å². The number of nitrogens with zero attached hydrogens (tertiary/aromatic N) is 2. The Balaban J connectivity index is 2.56. The van der Waals surface area contributed by atoms with Gasteiger partial charge in [-0.2, -0.15) is 0 Å². The van der Waals surface area contributed by atoms with Gasteiger partial charge in [-0.15, -0.1) is 5.10 Å². The Morgan fingerprint density at radius 2 is 1.91 bits per heavy atom.